The molecule has 0 N–H and O–H groups in total. The summed E-state index contributed by atoms with van der Waals surface area (Å²) in [7, 11) is 0. The Morgan fingerprint density at radius 3 is 2.43 bits per heavy atom. The van der Waals surface area contributed by atoms with Crippen LogP contribution in [-0.4, -0.2) is 10.4 Å². The Bertz CT molecular complexity index is 760. The van der Waals surface area contributed by atoms with Crippen molar-refractivity contribution in [1.29, 1.82) is 0 Å². The molecule has 3 rings (SSSR count). The summed E-state index contributed by atoms with van der Waals surface area (Å²) >= 11 is 0. The molecule has 0 radical (unpaired) electrons. The number of benzene rings is 1. The van der Waals surface area contributed by atoms with Gasteiger partial charge in [0.05, 0.1) is 6.54 Å². The maximum Gasteiger partial charge on any atom is 0.251 e. The van der Waals surface area contributed by atoms with E-state index in [0.29, 0.717) is 30.5 Å². The smallest absolute Gasteiger partial charge is 0.251 e. The van der Waals surface area contributed by atoms with Gasteiger partial charge < -0.3 is 4.57 Å². The number of ketones is 1. The highest BCUT2D eigenvalue weighted by atomic mass is 19.1. The molecule has 0 unspecified atom stereocenters. The van der Waals surface area contributed by atoms with Crippen molar-refractivity contribution in [2.45, 2.75) is 25.8 Å². The normalized spacial score (nSPS) is 14.1. The molecule has 1 aromatic heterocycles. The third-order valence-corrected chi connectivity index (χ3v) is 3.79. The minimum Gasteiger partial charge on any atom is -0.307 e. The van der Waals surface area contributed by atoms with Crippen molar-refractivity contribution < 1.29 is 13.6 Å². The third kappa shape index (κ3) is 2.39. The van der Waals surface area contributed by atoms with Gasteiger partial charge in [0, 0.05) is 29.3 Å². The molecule has 2 aromatic rings. The van der Waals surface area contributed by atoms with Crippen LogP contribution in [-0.2, 0) is 13.0 Å². The van der Waals surface area contributed by atoms with E-state index in [4.69, 9.17) is 0 Å². The molecule has 0 fully saturated rings. The first-order chi connectivity index (χ1) is 10.1. The summed E-state index contributed by atoms with van der Waals surface area (Å²) < 4.78 is 28.8. The molecule has 0 amide bonds. The number of Topliss-reactive ketones (excluding diaryl/α,β-unsaturated/α-hetero) is 1. The summed E-state index contributed by atoms with van der Waals surface area (Å²) in [5, 5.41) is 0. The number of hydrogen-bond acceptors (Lipinski definition) is 2. The number of halogens is 2. The molecule has 5 heteroatoms. The van der Waals surface area contributed by atoms with E-state index in [2.05, 4.69) is 0 Å². The van der Waals surface area contributed by atoms with E-state index < -0.39 is 11.6 Å². The van der Waals surface area contributed by atoms with Crippen LogP contribution in [0, 0.1) is 11.6 Å². The molecule has 108 valence electrons. The zero-order chi connectivity index (χ0) is 15.0. The molecule has 21 heavy (non-hydrogen) atoms. The SMILES string of the molecule is O=C1CCCc2c1ccc(=O)n2Cc1c(F)cccc1F. The van der Waals surface area contributed by atoms with E-state index in [1.807, 2.05) is 0 Å². The fourth-order valence-corrected chi connectivity index (χ4v) is 2.71. The Hall–Kier alpha value is -2.30. The zero-order valence-corrected chi connectivity index (χ0v) is 11.2. The second-order valence-corrected chi connectivity index (χ2v) is 5.10. The fourth-order valence-electron chi connectivity index (χ4n) is 2.71. The predicted molar refractivity (Wildman–Crippen MR) is 73.4 cm³/mol. The van der Waals surface area contributed by atoms with E-state index >= 15 is 0 Å². The van der Waals surface area contributed by atoms with Crippen molar-refractivity contribution in [3.8, 4) is 0 Å². The highest BCUT2D eigenvalue weighted by Crippen LogP contribution is 2.21. The second kappa shape index (κ2) is 5.24. The van der Waals surface area contributed by atoms with Crippen molar-refractivity contribution in [3.05, 3.63) is 69.1 Å². The van der Waals surface area contributed by atoms with Crippen molar-refractivity contribution in [2.24, 2.45) is 0 Å². The van der Waals surface area contributed by atoms with Crippen LogP contribution in [0.3, 0.4) is 0 Å². The van der Waals surface area contributed by atoms with Gasteiger partial charge in [-0.1, -0.05) is 6.07 Å². The van der Waals surface area contributed by atoms with Gasteiger partial charge in [0.2, 0.25) is 0 Å². The second-order valence-electron chi connectivity index (χ2n) is 5.10. The molecule has 0 spiro atoms. The van der Waals surface area contributed by atoms with Crippen molar-refractivity contribution >= 4 is 5.78 Å². The lowest BCUT2D eigenvalue weighted by Gasteiger charge is -2.20. The number of rotatable bonds is 2. The molecule has 1 aliphatic rings. The largest absolute Gasteiger partial charge is 0.307 e. The Morgan fingerprint density at radius 2 is 1.71 bits per heavy atom. The van der Waals surface area contributed by atoms with Gasteiger partial charge >= 0.3 is 0 Å². The third-order valence-electron chi connectivity index (χ3n) is 3.79. The summed E-state index contributed by atoms with van der Waals surface area (Å²) in [6.07, 6.45) is 1.65. The average molecular weight is 289 g/mol. The number of nitrogens with zero attached hydrogens (tertiary/aromatic N) is 1. The van der Waals surface area contributed by atoms with Crippen LogP contribution in [0.5, 0.6) is 0 Å². The van der Waals surface area contributed by atoms with Gasteiger partial charge in [-0.25, -0.2) is 8.78 Å². The van der Waals surface area contributed by atoms with Gasteiger partial charge in [-0.15, -0.1) is 0 Å². The monoisotopic (exact) mass is 289 g/mol. The highest BCUT2D eigenvalue weighted by molar-refractivity contribution is 5.97. The molecule has 0 bridgehead atoms. The fraction of sp³-hybridized carbons (Fsp3) is 0.250. The van der Waals surface area contributed by atoms with Crippen LogP contribution < -0.4 is 5.56 Å². The topological polar surface area (TPSA) is 39.1 Å². The Labute approximate surface area is 119 Å². The minimum atomic E-state index is -0.693. The molecule has 1 aromatic carbocycles. The zero-order valence-electron chi connectivity index (χ0n) is 11.2. The standard InChI is InChI=1S/C16H13F2NO2/c17-12-3-1-4-13(18)11(12)9-19-14-5-2-6-15(20)10(14)7-8-16(19)21/h1,3-4,7-8H,2,5-6,9H2. The number of fused-ring (bicyclic) bond motifs is 1. The minimum absolute atomic E-state index is 0.0287. The Kier molecular flexibility index (Phi) is 3.41. The Balaban J connectivity index is 2.13. The maximum absolute atomic E-state index is 13.8. The van der Waals surface area contributed by atoms with Gasteiger partial charge in [-0.2, -0.15) is 0 Å². The number of hydrogen-bond donors (Lipinski definition) is 0. The first-order valence-corrected chi connectivity index (χ1v) is 6.77. The highest BCUT2D eigenvalue weighted by Gasteiger charge is 2.21. The van der Waals surface area contributed by atoms with E-state index in [-0.39, 0.29) is 23.5 Å². The quantitative estimate of drug-likeness (QED) is 0.852. The van der Waals surface area contributed by atoms with Crippen LogP contribution in [0.4, 0.5) is 8.78 Å². The molecular weight excluding hydrogens is 276 g/mol. The van der Waals surface area contributed by atoms with Crippen LogP contribution in [0.1, 0.15) is 34.5 Å². The summed E-state index contributed by atoms with van der Waals surface area (Å²) in [6, 6.07) is 6.38. The summed E-state index contributed by atoms with van der Waals surface area (Å²) in [5.41, 5.74) is 0.538. The first kappa shape index (κ1) is 13.7. The summed E-state index contributed by atoms with van der Waals surface area (Å²) in [5.74, 6) is -1.41. The predicted octanol–water partition coefficient (Wildman–Crippen LogP) is 2.69. The molecular formula is C16H13F2NO2. The summed E-state index contributed by atoms with van der Waals surface area (Å²) in [4.78, 5) is 23.9. The number of carbonyl (C=O) groups excluding carboxylic acids is 1. The lowest BCUT2D eigenvalue weighted by Crippen LogP contribution is -2.28. The van der Waals surface area contributed by atoms with Crippen molar-refractivity contribution in [1.82, 2.24) is 4.57 Å². The van der Waals surface area contributed by atoms with Gasteiger partial charge in [0.1, 0.15) is 11.6 Å². The van der Waals surface area contributed by atoms with E-state index in [1.165, 1.54) is 22.8 Å². The molecule has 1 aliphatic carbocycles. The number of aromatic nitrogens is 1. The van der Waals surface area contributed by atoms with Crippen LogP contribution >= 0.6 is 0 Å². The number of pyridine rings is 1. The Morgan fingerprint density at radius 1 is 1.00 bits per heavy atom. The molecule has 0 aliphatic heterocycles. The van der Waals surface area contributed by atoms with Crippen LogP contribution in [0.2, 0.25) is 0 Å². The lowest BCUT2D eigenvalue weighted by atomic mass is 9.94. The first-order valence-electron chi connectivity index (χ1n) is 6.77. The van der Waals surface area contributed by atoms with Gasteiger partial charge in [0.25, 0.3) is 5.56 Å². The average Bonchev–Trinajstić information content (AvgIpc) is 2.45. The molecule has 0 atom stereocenters. The molecule has 0 saturated heterocycles. The van der Waals surface area contributed by atoms with Crippen molar-refractivity contribution in [2.75, 3.05) is 0 Å². The molecule has 0 saturated carbocycles. The molecule has 3 nitrogen and oxygen atoms in total. The van der Waals surface area contributed by atoms with Gasteiger partial charge in [-0.3, -0.25) is 9.59 Å². The van der Waals surface area contributed by atoms with E-state index in [0.717, 1.165) is 12.1 Å². The van der Waals surface area contributed by atoms with E-state index in [9.17, 15) is 18.4 Å². The molecule has 1 heterocycles. The van der Waals surface area contributed by atoms with Gasteiger partial charge in [0.15, 0.2) is 5.78 Å². The van der Waals surface area contributed by atoms with Crippen LogP contribution in [0.15, 0.2) is 35.1 Å². The van der Waals surface area contributed by atoms with Crippen LogP contribution in [0.25, 0.3) is 0 Å². The number of carbonyl (C=O) groups is 1. The van der Waals surface area contributed by atoms with Crippen molar-refractivity contribution in [3.63, 3.8) is 0 Å². The lowest BCUT2D eigenvalue weighted by molar-refractivity contribution is 0.0970. The summed E-state index contributed by atoms with van der Waals surface area (Å²) in [6.45, 7) is -0.201. The van der Waals surface area contributed by atoms with E-state index in [1.54, 1.807) is 0 Å². The maximum atomic E-state index is 13.8. The van der Waals surface area contributed by atoms with Gasteiger partial charge in [-0.05, 0) is 31.0 Å².